The molecule has 3 rings (SSSR count). The van der Waals surface area contributed by atoms with Gasteiger partial charge in [-0.25, -0.2) is 4.79 Å². The second kappa shape index (κ2) is 15.7. The molecule has 41 heavy (non-hydrogen) atoms. The van der Waals surface area contributed by atoms with Gasteiger partial charge in [-0.15, -0.1) is 9.73 Å². The molecule has 1 aromatic carbocycles. The Balaban J connectivity index is 1.41. The highest BCUT2D eigenvalue weighted by Crippen LogP contribution is 2.32. The largest absolute Gasteiger partial charge is 0.338 e. The van der Waals surface area contributed by atoms with E-state index in [1.54, 1.807) is 12.1 Å². The van der Waals surface area contributed by atoms with E-state index in [2.05, 4.69) is 32.7 Å². The first-order chi connectivity index (χ1) is 19.6. The second-order valence-corrected chi connectivity index (χ2v) is 12.2. The minimum Gasteiger partial charge on any atom is -0.338 e. The van der Waals surface area contributed by atoms with Gasteiger partial charge >= 0.3 is 6.03 Å². The van der Waals surface area contributed by atoms with Gasteiger partial charge in [0.1, 0.15) is 5.02 Å². The summed E-state index contributed by atoms with van der Waals surface area (Å²) in [6.45, 7) is 8.91. The predicted octanol–water partition coefficient (Wildman–Crippen LogP) is 8.08. The van der Waals surface area contributed by atoms with Gasteiger partial charge in [0.25, 0.3) is 5.69 Å². The minimum atomic E-state index is -0.455. The van der Waals surface area contributed by atoms with Gasteiger partial charge in [0.2, 0.25) is 0 Å². The molecule has 2 heterocycles. The highest BCUT2D eigenvalue weighted by atomic mass is 35.5. The lowest BCUT2D eigenvalue weighted by Gasteiger charge is -2.14. The number of fused-ring (bicyclic) bond motifs is 1. The summed E-state index contributed by atoms with van der Waals surface area (Å²) in [6.07, 6.45) is 15.2. The molecule has 0 unspecified atom stereocenters. The van der Waals surface area contributed by atoms with E-state index in [4.69, 9.17) is 11.6 Å². The summed E-state index contributed by atoms with van der Waals surface area (Å²) < 4.78 is 1.42. The minimum absolute atomic E-state index is 0.0448. The fourth-order valence-electron chi connectivity index (χ4n) is 4.84. The summed E-state index contributed by atoms with van der Waals surface area (Å²) in [7, 11) is 0. The fourth-order valence-corrected chi connectivity index (χ4v) is 5.29. The SMILES string of the molecule is CCCCCCCCCCCCCCNC(=O)NCc1ccc(-c2nn3nc(C(C)(C)C)c(Cl)c3[nH]2)cc1[N+](=O)[O-]. The number of aromatic nitrogens is 4. The number of urea groups is 1. The first-order valence-corrected chi connectivity index (χ1v) is 15.4. The van der Waals surface area contributed by atoms with Crippen LogP contribution in [-0.4, -0.2) is 37.3 Å². The van der Waals surface area contributed by atoms with Crippen LogP contribution in [0.2, 0.25) is 5.02 Å². The summed E-state index contributed by atoms with van der Waals surface area (Å²) >= 11 is 6.51. The van der Waals surface area contributed by atoms with Gasteiger partial charge in [-0.3, -0.25) is 10.1 Å². The maximum absolute atomic E-state index is 12.3. The maximum Gasteiger partial charge on any atom is 0.315 e. The molecule has 0 aliphatic heterocycles. The van der Waals surface area contributed by atoms with Crippen molar-refractivity contribution in [3.05, 3.63) is 44.6 Å². The van der Waals surface area contributed by atoms with Crippen LogP contribution in [0.5, 0.6) is 0 Å². The summed E-state index contributed by atoms with van der Waals surface area (Å²) in [5, 5.41) is 26.8. The van der Waals surface area contributed by atoms with Gasteiger partial charge in [0.15, 0.2) is 11.5 Å². The number of H-pyrrole nitrogens is 1. The van der Waals surface area contributed by atoms with Crippen molar-refractivity contribution in [2.45, 2.75) is 117 Å². The lowest BCUT2D eigenvalue weighted by atomic mass is 9.92. The number of nitro groups is 1. The topological polar surface area (TPSA) is 130 Å². The molecule has 10 nitrogen and oxygen atoms in total. The zero-order valence-corrected chi connectivity index (χ0v) is 25.8. The highest BCUT2D eigenvalue weighted by Gasteiger charge is 2.25. The Kier molecular flexibility index (Phi) is 12.4. The van der Waals surface area contributed by atoms with Gasteiger partial charge < -0.3 is 15.6 Å². The molecule has 0 fully saturated rings. The van der Waals surface area contributed by atoms with E-state index in [0.717, 1.165) is 12.8 Å². The number of nitro benzene ring substituents is 1. The summed E-state index contributed by atoms with van der Waals surface area (Å²) in [5.74, 6) is 0.414. The number of amides is 2. The van der Waals surface area contributed by atoms with Crippen molar-refractivity contribution in [2.75, 3.05) is 6.54 Å². The van der Waals surface area contributed by atoms with Crippen LogP contribution in [0.1, 0.15) is 116 Å². The Morgan fingerprint density at radius 3 is 2.15 bits per heavy atom. The molecule has 3 aromatic rings. The number of carbonyl (C=O) groups excluding carboxylic acids is 1. The molecular formula is C30H46ClN7O3. The van der Waals surface area contributed by atoms with Gasteiger partial charge in [0, 0.05) is 29.2 Å². The van der Waals surface area contributed by atoms with E-state index in [1.165, 1.54) is 74.9 Å². The first kappa shape index (κ1) is 32.4. The number of hydrogen-bond donors (Lipinski definition) is 3. The molecule has 11 heteroatoms. The Labute approximate surface area is 248 Å². The van der Waals surface area contributed by atoms with Crippen molar-refractivity contribution < 1.29 is 9.72 Å². The second-order valence-electron chi connectivity index (χ2n) is 11.8. The Bertz CT molecular complexity index is 1280. The van der Waals surface area contributed by atoms with E-state index in [-0.39, 0.29) is 23.7 Å². The average molecular weight is 588 g/mol. The van der Waals surface area contributed by atoms with E-state index >= 15 is 0 Å². The number of nitrogens with zero attached hydrogens (tertiary/aromatic N) is 4. The standard InChI is InChI=1S/C30H46ClN7O3/c1-5-6-7-8-9-10-11-12-13-14-15-16-19-32-29(39)33-21-23-18-17-22(20-24(23)38(40)41)27-34-28-25(31)26(30(2,3)4)35-37(28)36-27/h17-18,20H,5-16,19,21H2,1-4H3,(H,34,36)(H2,32,33,39). The molecule has 0 saturated heterocycles. The lowest BCUT2D eigenvalue weighted by Crippen LogP contribution is -2.35. The average Bonchev–Trinajstić information content (AvgIpc) is 3.49. The number of rotatable bonds is 17. The van der Waals surface area contributed by atoms with Crippen molar-refractivity contribution in [2.24, 2.45) is 0 Å². The van der Waals surface area contributed by atoms with E-state index in [9.17, 15) is 14.9 Å². The summed E-state index contributed by atoms with van der Waals surface area (Å²) in [6, 6.07) is 4.47. The lowest BCUT2D eigenvalue weighted by molar-refractivity contribution is -0.385. The maximum atomic E-state index is 12.3. The zero-order chi connectivity index (χ0) is 29.8. The Morgan fingerprint density at radius 2 is 1.59 bits per heavy atom. The quantitative estimate of drug-likeness (QED) is 0.0834. The molecule has 2 amide bonds. The molecule has 0 radical (unpaired) electrons. The molecular weight excluding hydrogens is 542 g/mol. The third-order valence-electron chi connectivity index (χ3n) is 7.26. The molecule has 0 aliphatic carbocycles. The van der Waals surface area contributed by atoms with Crippen LogP contribution in [-0.2, 0) is 12.0 Å². The smallest absolute Gasteiger partial charge is 0.315 e. The molecule has 0 saturated carbocycles. The van der Waals surface area contributed by atoms with Gasteiger partial charge in [-0.2, -0.15) is 5.10 Å². The van der Waals surface area contributed by atoms with Crippen LogP contribution in [0.4, 0.5) is 10.5 Å². The van der Waals surface area contributed by atoms with Gasteiger partial charge in [0.05, 0.1) is 17.2 Å². The Hall–Kier alpha value is -3.14. The van der Waals surface area contributed by atoms with Crippen LogP contribution >= 0.6 is 11.6 Å². The number of carbonyl (C=O) groups is 1. The number of unbranched alkanes of at least 4 members (excludes halogenated alkanes) is 11. The van der Waals surface area contributed by atoms with Crippen LogP contribution in [0.3, 0.4) is 0 Å². The third-order valence-corrected chi connectivity index (χ3v) is 7.62. The number of nitrogens with one attached hydrogen (secondary N) is 3. The van der Waals surface area contributed by atoms with Crippen molar-refractivity contribution in [3.8, 4) is 11.4 Å². The number of hydrogen-bond acceptors (Lipinski definition) is 5. The number of aromatic amines is 1. The molecule has 0 spiro atoms. The monoisotopic (exact) mass is 587 g/mol. The molecule has 0 bridgehead atoms. The highest BCUT2D eigenvalue weighted by molar-refractivity contribution is 6.34. The first-order valence-electron chi connectivity index (χ1n) is 15.1. The van der Waals surface area contributed by atoms with Gasteiger partial charge in [-0.05, 0) is 12.5 Å². The molecule has 2 aromatic heterocycles. The van der Waals surface area contributed by atoms with Crippen molar-refractivity contribution in [1.29, 1.82) is 0 Å². The van der Waals surface area contributed by atoms with E-state index in [1.807, 2.05) is 20.8 Å². The van der Waals surface area contributed by atoms with Crippen LogP contribution in [0.15, 0.2) is 18.2 Å². The number of benzene rings is 1. The molecule has 0 atom stereocenters. The van der Waals surface area contributed by atoms with Crippen molar-refractivity contribution >= 4 is 29.0 Å². The van der Waals surface area contributed by atoms with Crippen molar-refractivity contribution in [3.63, 3.8) is 0 Å². The number of halogens is 1. The molecule has 3 N–H and O–H groups in total. The van der Waals surface area contributed by atoms with Crippen LogP contribution in [0, 0.1) is 10.1 Å². The molecule has 226 valence electrons. The van der Waals surface area contributed by atoms with E-state index < -0.39 is 4.92 Å². The molecule has 0 aliphatic rings. The van der Waals surface area contributed by atoms with Gasteiger partial charge in [-0.1, -0.05) is 116 Å². The van der Waals surface area contributed by atoms with Crippen LogP contribution < -0.4 is 10.6 Å². The fraction of sp³-hybridized carbons (Fsp3) is 0.633. The summed E-state index contributed by atoms with van der Waals surface area (Å²) in [5.41, 5.74) is 1.83. The Morgan fingerprint density at radius 1 is 0.976 bits per heavy atom. The van der Waals surface area contributed by atoms with Crippen LogP contribution in [0.25, 0.3) is 17.0 Å². The normalized spacial score (nSPS) is 11.7. The summed E-state index contributed by atoms with van der Waals surface area (Å²) in [4.78, 5) is 26.7. The van der Waals surface area contributed by atoms with Crippen molar-refractivity contribution in [1.82, 2.24) is 30.4 Å². The zero-order valence-electron chi connectivity index (χ0n) is 25.0. The van der Waals surface area contributed by atoms with E-state index in [0.29, 0.717) is 39.9 Å². The third kappa shape index (κ3) is 9.73. The predicted molar refractivity (Wildman–Crippen MR) is 164 cm³/mol.